The smallest absolute Gasteiger partial charge is 0.0762 e. The summed E-state index contributed by atoms with van der Waals surface area (Å²) in [6, 6.07) is 14.3. The van der Waals surface area contributed by atoms with Crippen LogP contribution >= 0.6 is 11.6 Å². The van der Waals surface area contributed by atoms with Crippen molar-refractivity contribution in [3.8, 4) is 0 Å². The second kappa shape index (κ2) is 5.47. The highest BCUT2D eigenvalue weighted by Crippen LogP contribution is 2.37. The van der Waals surface area contributed by atoms with Crippen molar-refractivity contribution in [3.63, 3.8) is 0 Å². The largest absolute Gasteiger partial charge is 0.389 e. The number of aliphatic hydroxyl groups is 1. The first kappa shape index (κ1) is 13.5. The zero-order chi connectivity index (χ0) is 14.1. The van der Waals surface area contributed by atoms with Crippen LogP contribution in [-0.2, 0) is 6.42 Å². The van der Waals surface area contributed by atoms with E-state index in [1.807, 2.05) is 18.2 Å². The van der Waals surface area contributed by atoms with Crippen LogP contribution in [0.5, 0.6) is 0 Å². The summed E-state index contributed by atoms with van der Waals surface area (Å²) in [5.74, 6) is 0. The zero-order valence-electron chi connectivity index (χ0n) is 11.5. The molecule has 3 heteroatoms. The summed E-state index contributed by atoms with van der Waals surface area (Å²) >= 11 is 6.42. The summed E-state index contributed by atoms with van der Waals surface area (Å²) in [5.41, 5.74) is 4.48. The van der Waals surface area contributed by atoms with Gasteiger partial charge in [0.2, 0.25) is 0 Å². The quantitative estimate of drug-likeness (QED) is 0.880. The summed E-state index contributed by atoms with van der Waals surface area (Å²) in [7, 11) is 0. The van der Waals surface area contributed by atoms with Gasteiger partial charge in [-0.1, -0.05) is 35.9 Å². The first-order chi connectivity index (χ1) is 9.66. The number of nitrogens with zero attached hydrogens (tertiary/aromatic N) is 1. The molecule has 104 valence electrons. The van der Waals surface area contributed by atoms with Gasteiger partial charge in [-0.05, 0) is 49.1 Å². The van der Waals surface area contributed by atoms with E-state index < -0.39 is 6.10 Å². The Morgan fingerprint density at radius 3 is 2.70 bits per heavy atom. The number of aliphatic hydroxyl groups excluding tert-OH is 1. The van der Waals surface area contributed by atoms with Gasteiger partial charge in [0.15, 0.2) is 0 Å². The summed E-state index contributed by atoms with van der Waals surface area (Å²) < 4.78 is 0. The van der Waals surface area contributed by atoms with Crippen LogP contribution in [0.1, 0.15) is 30.6 Å². The third-order valence-electron chi connectivity index (χ3n) is 3.86. The minimum Gasteiger partial charge on any atom is -0.389 e. The van der Waals surface area contributed by atoms with E-state index in [2.05, 4.69) is 29.2 Å². The summed E-state index contributed by atoms with van der Waals surface area (Å²) in [4.78, 5) is 2.27. The van der Waals surface area contributed by atoms with Crippen molar-refractivity contribution in [3.05, 3.63) is 58.6 Å². The number of rotatable bonds is 2. The van der Waals surface area contributed by atoms with Gasteiger partial charge in [-0.25, -0.2) is 0 Å². The van der Waals surface area contributed by atoms with Crippen molar-refractivity contribution in [2.75, 3.05) is 11.4 Å². The molecule has 20 heavy (non-hydrogen) atoms. The lowest BCUT2D eigenvalue weighted by Gasteiger charge is -2.32. The maximum absolute atomic E-state index is 9.63. The van der Waals surface area contributed by atoms with Gasteiger partial charge >= 0.3 is 0 Å². The van der Waals surface area contributed by atoms with E-state index in [9.17, 15) is 5.11 Å². The van der Waals surface area contributed by atoms with Gasteiger partial charge in [-0.3, -0.25) is 0 Å². The molecule has 2 aromatic rings. The van der Waals surface area contributed by atoms with Crippen molar-refractivity contribution in [2.24, 2.45) is 0 Å². The van der Waals surface area contributed by atoms with Crippen LogP contribution in [0.3, 0.4) is 0 Å². The van der Waals surface area contributed by atoms with Crippen LogP contribution in [0.25, 0.3) is 0 Å². The summed E-state index contributed by atoms with van der Waals surface area (Å²) in [6.07, 6.45) is 1.76. The summed E-state index contributed by atoms with van der Waals surface area (Å²) in [5, 5.41) is 10.3. The molecule has 0 spiro atoms. The van der Waals surface area contributed by atoms with Crippen molar-refractivity contribution < 1.29 is 5.11 Å². The van der Waals surface area contributed by atoms with Gasteiger partial charge in [-0.15, -0.1) is 0 Å². The molecule has 0 aromatic heterocycles. The van der Waals surface area contributed by atoms with E-state index >= 15 is 0 Å². The number of anilines is 2. The Labute approximate surface area is 124 Å². The molecule has 0 saturated heterocycles. The third kappa shape index (κ3) is 2.41. The predicted octanol–water partition coefficient (Wildman–Crippen LogP) is 4.48. The fraction of sp³-hybridized carbons (Fsp3) is 0.294. The van der Waals surface area contributed by atoms with Crippen molar-refractivity contribution >= 4 is 23.0 Å². The van der Waals surface area contributed by atoms with Crippen molar-refractivity contribution in [1.82, 2.24) is 0 Å². The molecule has 1 N–H and O–H groups in total. The minimum absolute atomic E-state index is 0.491. The molecule has 2 nitrogen and oxygen atoms in total. The molecule has 2 aromatic carbocycles. The number of aryl methyl sites for hydroxylation is 1. The van der Waals surface area contributed by atoms with E-state index in [0.717, 1.165) is 30.6 Å². The van der Waals surface area contributed by atoms with E-state index in [1.54, 1.807) is 6.92 Å². The molecule has 3 rings (SSSR count). The topological polar surface area (TPSA) is 23.5 Å². The molecule has 0 fully saturated rings. The van der Waals surface area contributed by atoms with Gasteiger partial charge < -0.3 is 10.0 Å². The summed E-state index contributed by atoms with van der Waals surface area (Å²) in [6.45, 7) is 2.73. The van der Waals surface area contributed by atoms with Crippen molar-refractivity contribution in [1.29, 1.82) is 0 Å². The minimum atomic E-state index is -0.491. The van der Waals surface area contributed by atoms with Crippen LogP contribution in [0.4, 0.5) is 11.4 Å². The molecule has 0 saturated carbocycles. The monoisotopic (exact) mass is 287 g/mol. The molecular formula is C17H18ClNO. The highest BCUT2D eigenvalue weighted by atomic mass is 35.5. The molecule has 0 amide bonds. The second-order valence-electron chi connectivity index (χ2n) is 5.27. The Bertz CT molecular complexity index is 624. The highest BCUT2D eigenvalue weighted by Gasteiger charge is 2.20. The zero-order valence-corrected chi connectivity index (χ0v) is 12.3. The second-order valence-corrected chi connectivity index (χ2v) is 5.68. The Balaban J connectivity index is 2.02. The number of hydrogen-bond donors (Lipinski definition) is 1. The average Bonchev–Trinajstić information content (AvgIpc) is 2.46. The van der Waals surface area contributed by atoms with E-state index in [4.69, 9.17) is 11.6 Å². The molecule has 1 heterocycles. The Kier molecular flexibility index (Phi) is 3.68. The van der Waals surface area contributed by atoms with E-state index in [0.29, 0.717) is 5.02 Å². The van der Waals surface area contributed by atoms with Gasteiger partial charge in [0.1, 0.15) is 0 Å². The number of para-hydroxylation sites is 1. The van der Waals surface area contributed by atoms with Crippen LogP contribution in [-0.4, -0.2) is 11.7 Å². The number of halogens is 1. The van der Waals surface area contributed by atoms with Gasteiger partial charge in [0.05, 0.1) is 16.8 Å². The predicted molar refractivity (Wildman–Crippen MR) is 83.9 cm³/mol. The van der Waals surface area contributed by atoms with Crippen LogP contribution < -0.4 is 4.90 Å². The Morgan fingerprint density at radius 2 is 1.95 bits per heavy atom. The lowest BCUT2D eigenvalue weighted by atomic mass is 10.0. The highest BCUT2D eigenvalue weighted by molar-refractivity contribution is 6.33. The fourth-order valence-corrected chi connectivity index (χ4v) is 3.08. The molecule has 0 bridgehead atoms. The van der Waals surface area contributed by atoms with Crippen LogP contribution in [0.15, 0.2) is 42.5 Å². The lowest BCUT2D eigenvalue weighted by Crippen LogP contribution is -2.24. The number of hydrogen-bond acceptors (Lipinski definition) is 2. The SMILES string of the molecule is CC(O)c1ccc(N2CCCc3ccccc32)c(Cl)c1. The lowest BCUT2D eigenvalue weighted by molar-refractivity contribution is 0.199. The molecule has 1 aliphatic heterocycles. The van der Waals surface area contributed by atoms with E-state index in [-0.39, 0.29) is 0 Å². The average molecular weight is 288 g/mol. The third-order valence-corrected chi connectivity index (χ3v) is 4.16. The molecule has 0 aliphatic carbocycles. The number of benzene rings is 2. The van der Waals surface area contributed by atoms with Crippen molar-refractivity contribution in [2.45, 2.75) is 25.9 Å². The molecule has 0 radical (unpaired) electrons. The van der Waals surface area contributed by atoms with Gasteiger partial charge in [0.25, 0.3) is 0 Å². The maximum Gasteiger partial charge on any atom is 0.0762 e. The van der Waals surface area contributed by atoms with Crippen LogP contribution in [0, 0.1) is 0 Å². The Hall–Kier alpha value is -1.51. The molecule has 1 aliphatic rings. The van der Waals surface area contributed by atoms with Gasteiger partial charge in [0, 0.05) is 12.2 Å². The molecule has 1 atom stereocenters. The van der Waals surface area contributed by atoms with Gasteiger partial charge in [-0.2, -0.15) is 0 Å². The molecule has 1 unspecified atom stereocenters. The first-order valence-corrected chi connectivity index (χ1v) is 7.37. The van der Waals surface area contributed by atoms with Crippen LogP contribution in [0.2, 0.25) is 5.02 Å². The standard InChI is InChI=1S/C17H18ClNO/c1-12(20)14-8-9-17(15(18)11-14)19-10-4-6-13-5-2-3-7-16(13)19/h2-3,5,7-9,11-12,20H,4,6,10H2,1H3. The first-order valence-electron chi connectivity index (χ1n) is 7.00. The van der Waals surface area contributed by atoms with E-state index in [1.165, 1.54) is 11.3 Å². The fourth-order valence-electron chi connectivity index (χ4n) is 2.79. The maximum atomic E-state index is 9.63. The Morgan fingerprint density at radius 1 is 1.15 bits per heavy atom. The molecular weight excluding hydrogens is 270 g/mol. The number of fused-ring (bicyclic) bond motifs is 1. The normalized spacial score (nSPS) is 15.8.